The first kappa shape index (κ1) is 22.4. The molecule has 0 radical (unpaired) electrons. The Morgan fingerprint density at radius 2 is 1.93 bits per heavy atom. The third-order valence-corrected chi connectivity index (χ3v) is 6.26. The van der Waals surface area contributed by atoms with Crippen molar-refractivity contribution in [3.8, 4) is 0 Å². The van der Waals surface area contributed by atoms with Crippen molar-refractivity contribution in [3.05, 3.63) is 65.5 Å². The summed E-state index contributed by atoms with van der Waals surface area (Å²) in [4.78, 5) is 17.9. The highest BCUT2D eigenvalue weighted by Crippen LogP contribution is 2.20. The van der Waals surface area contributed by atoms with E-state index in [1.165, 1.54) is 25.4 Å². The summed E-state index contributed by atoms with van der Waals surface area (Å²) in [6.07, 6.45) is 1.97. The van der Waals surface area contributed by atoms with E-state index >= 15 is 0 Å². The molecule has 3 rings (SSSR count). The summed E-state index contributed by atoms with van der Waals surface area (Å²) in [6.45, 7) is 3.89. The number of aromatic nitrogens is 1. The van der Waals surface area contributed by atoms with E-state index in [1.54, 1.807) is 0 Å². The maximum absolute atomic E-state index is 12.8. The molecule has 1 aliphatic rings. The normalized spacial score (nSPS) is 16.2. The van der Waals surface area contributed by atoms with E-state index in [1.807, 2.05) is 30.3 Å². The minimum absolute atomic E-state index is 0.269. The van der Waals surface area contributed by atoms with Crippen LogP contribution in [0.3, 0.4) is 0 Å². The molecule has 0 spiro atoms. The maximum atomic E-state index is 12.8. The van der Waals surface area contributed by atoms with Crippen molar-refractivity contribution in [2.24, 2.45) is 0 Å². The first-order chi connectivity index (χ1) is 14.5. The minimum Gasteiger partial charge on any atom is -0.465 e. The van der Waals surface area contributed by atoms with Gasteiger partial charge in [0.2, 0.25) is 10.0 Å². The fraction of sp³-hybridized carbons (Fsp3) is 0.429. The summed E-state index contributed by atoms with van der Waals surface area (Å²) in [5, 5.41) is 0. The lowest BCUT2D eigenvalue weighted by Gasteiger charge is -2.28. The molecule has 8 nitrogen and oxygen atoms in total. The molecule has 30 heavy (non-hydrogen) atoms. The van der Waals surface area contributed by atoms with Gasteiger partial charge in [-0.15, -0.1) is 0 Å². The van der Waals surface area contributed by atoms with E-state index in [0.29, 0.717) is 25.3 Å². The number of sulfonamides is 1. The fourth-order valence-electron chi connectivity index (χ4n) is 3.32. The molecular formula is C21H27N3O5S. The molecule has 1 aromatic heterocycles. The lowest BCUT2D eigenvalue weighted by molar-refractivity contribution is 0.0364. The van der Waals surface area contributed by atoms with Crippen molar-refractivity contribution in [1.82, 2.24) is 14.6 Å². The standard InChI is InChI=1S/C21H27N3O5S/c1-28-21(25)18-7-8-19(22-15-18)16-30(26,27)23-20(17-5-3-2-4-6-17)9-10-24-11-13-29-14-12-24/h2-8,15,20,23H,9-14,16H2,1H3. The zero-order chi connectivity index (χ0) is 21.4. The lowest BCUT2D eigenvalue weighted by atomic mass is 10.0. The van der Waals surface area contributed by atoms with E-state index < -0.39 is 16.0 Å². The van der Waals surface area contributed by atoms with E-state index in [4.69, 9.17) is 4.74 Å². The number of hydrogen-bond donors (Lipinski definition) is 1. The van der Waals surface area contributed by atoms with Gasteiger partial charge in [-0.25, -0.2) is 17.9 Å². The van der Waals surface area contributed by atoms with Crippen molar-refractivity contribution in [3.63, 3.8) is 0 Å². The number of carbonyl (C=O) groups is 1. The van der Waals surface area contributed by atoms with Crippen LogP contribution in [0.15, 0.2) is 48.7 Å². The van der Waals surface area contributed by atoms with Gasteiger partial charge in [-0.1, -0.05) is 30.3 Å². The van der Waals surface area contributed by atoms with Crippen LogP contribution >= 0.6 is 0 Å². The molecule has 1 atom stereocenters. The van der Waals surface area contributed by atoms with E-state index in [-0.39, 0.29) is 17.4 Å². The first-order valence-corrected chi connectivity index (χ1v) is 11.5. The largest absolute Gasteiger partial charge is 0.465 e. The number of rotatable bonds is 9. The Labute approximate surface area is 177 Å². The number of methoxy groups -OCH3 is 1. The van der Waals surface area contributed by atoms with Gasteiger partial charge in [-0.2, -0.15) is 0 Å². The number of benzene rings is 1. The van der Waals surface area contributed by atoms with Crippen molar-refractivity contribution in [1.29, 1.82) is 0 Å². The van der Waals surface area contributed by atoms with Gasteiger partial charge in [-0.05, 0) is 24.1 Å². The van der Waals surface area contributed by atoms with Gasteiger partial charge in [0.1, 0.15) is 5.75 Å². The number of pyridine rings is 1. The SMILES string of the molecule is COC(=O)c1ccc(CS(=O)(=O)NC(CCN2CCOCC2)c2ccccc2)nc1. The van der Waals surface area contributed by atoms with Gasteiger partial charge >= 0.3 is 5.97 Å². The summed E-state index contributed by atoms with van der Waals surface area (Å²) < 4.78 is 38.5. The minimum atomic E-state index is -3.65. The Morgan fingerprint density at radius 1 is 1.20 bits per heavy atom. The third-order valence-electron chi connectivity index (χ3n) is 4.95. The van der Waals surface area contributed by atoms with Crippen LogP contribution in [0.5, 0.6) is 0 Å². The van der Waals surface area contributed by atoms with Crippen LogP contribution in [-0.2, 0) is 25.2 Å². The van der Waals surface area contributed by atoms with Gasteiger partial charge in [0.15, 0.2) is 0 Å². The van der Waals surface area contributed by atoms with E-state index in [0.717, 1.165) is 25.2 Å². The molecule has 162 valence electrons. The molecule has 2 aromatic rings. The maximum Gasteiger partial charge on any atom is 0.339 e. The molecule has 1 aliphatic heterocycles. The summed E-state index contributed by atoms with van der Waals surface area (Å²) in [5.41, 5.74) is 1.55. The Bertz CT molecular complexity index is 913. The average Bonchev–Trinajstić information content (AvgIpc) is 2.77. The molecule has 1 unspecified atom stereocenters. The zero-order valence-corrected chi connectivity index (χ0v) is 17.8. The third kappa shape index (κ3) is 6.60. The predicted molar refractivity (Wildman–Crippen MR) is 112 cm³/mol. The summed E-state index contributed by atoms with van der Waals surface area (Å²) in [7, 11) is -2.36. The number of ether oxygens (including phenoxy) is 2. The molecule has 1 N–H and O–H groups in total. The van der Waals surface area contributed by atoms with Crippen LogP contribution in [0, 0.1) is 0 Å². The molecular weight excluding hydrogens is 406 g/mol. The highest BCUT2D eigenvalue weighted by molar-refractivity contribution is 7.88. The van der Waals surface area contributed by atoms with Gasteiger partial charge in [0, 0.05) is 31.9 Å². The van der Waals surface area contributed by atoms with E-state index in [2.05, 4.69) is 19.3 Å². The highest BCUT2D eigenvalue weighted by atomic mass is 32.2. The van der Waals surface area contributed by atoms with Crippen LogP contribution in [-0.4, -0.2) is 64.2 Å². The van der Waals surface area contributed by atoms with Crippen molar-refractivity contribution < 1.29 is 22.7 Å². The number of morpholine rings is 1. The summed E-state index contributed by atoms with van der Waals surface area (Å²) in [6, 6.07) is 12.3. The van der Waals surface area contributed by atoms with Gasteiger partial charge in [0.25, 0.3) is 0 Å². The highest BCUT2D eigenvalue weighted by Gasteiger charge is 2.22. The molecule has 1 fully saturated rings. The second kappa shape index (κ2) is 10.6. The summed E-state index contributed by atoms with van der Waals surface area (Å²) in [5.74, 6) is -0.780. The molecule has 1 saturated heterocycles. The molecule has 2 heterocycles. The van der Waals surface area contributed by atoms with Crippen LogP contribution in [0.4, 0.5) is 0 Å². The number of nitrogens with one attached hydrogen (secondary N) is 1. The Hall–Kier alpha value is -2.33. The van der Waals surface area contributed by atoms with Crippen LogP contribution in [0.1, 0.15) is 34.1 Å². The van der Waals surface area contributed by atoms with Gasteiger partial charge in [0.05, 0.1) is 31.6 Å². The van der Waals surface area contributed by atoms with Crippen LogP contribution in [0.25, 0.3) is 0 Å². The predicted octanol–water partition coefficient (Wildman–Crippen LogP) is 1.75. The number of esters is 1. The van der Waals surface area contributed by atoms with Crippen LogP contribution in [0.2, 0.25) is 0 Å². The van der Waals surface area contributed by atoms with Gasteiger partial charge in [-0.3, -0.25) is 9.88 Å². The molecule has 1 aromatic carbocycles. The molecule has 0 aliphatic carbocycles. The van der Waals surface area contributed by atoms with Crippen molar-refractivity contribution >= 4 is 16.0 Å². The number of hydrogen-bond acceptors (Lipinski definition) is 7. The van der Waals surface area contributed by atoms with Gasteiger partial charge < -0.3 is 9.47 Å². The fourth-order valence-corrected chi connectivity index (χ4v) is 4.65. The quantitative estimate of drug-likeness (QED) is 0.602. The zero-order valence-electron chi connectivity index (χ0n) is 17.0. The number of carbonyl (C=O) groups excluding carboxylic acids is 1. The molecule has 0 bridgehead atoms. The second-order valence-electron chi connectivity index (χ2n) is 7.11. The summed E-state index contributed by atoms with van der Waals surface area (Å²) >= 11 is 0. The molecule has 0 amide bonds. The molecule has 9 heteroatoms. The Balaban J connectivity index is 1.67. The second-order valence-corrected chi connectivity index (χ2v) is 8.87. The van der Waals surface area contributed by atoms with E-state index in [9.17, 15) is 13.2 Å². The smallest absolute Gasteiger partial charge is 0.339 e. The Kier molecular flexibility index (Phi) is 7.92. The Morgan fingerprint density at radius 3 is 2.57 bits per heavy atom. The molecule has 0 saturated carbocycles. The average molecular weight is 434 g/mol. The first-order valence-electron chi connectivity index (χ1n) is 9.85. The van der Waals surface area contributed by atoms with Crippen LogP contribution < -0.4 is 4.72 Å². The topological polar surface area (TPSA) is 97.8 Å². The van der Waals surface area contributed by atoms with Crippen molar-refractivity contribution in [2.75, 3.05) is 40.0 Å². The monoisotopic (exact) mass is 433 g/mol. The number of nitrogens with zero attached hydrogens (tertiary/aromatic N) is 2. The lowest BCUT2D eigenvalue weighted by Crippen LogP contribution is -2.39. The van der Waals surface area contributed by atoms with Crippen molar-refractivity contribution in [2.45, 2.75) is 18.2 Å².